The number of hydrogen-bond acceptors (Lipinski definition) is 2. The molecule has 0 fully saturated rings. The monoisotopic (exact) mass is 239 g/mol. The Bertz CT molecular complexity index is 336. The van der Waals surface area contributed by atoms with E-state index in [1.807, 2.05) is 11.8 Å². The Labute approximate surface area is 102 Å². The molecule has 0 aliphatic rings. The highest BCUT2D eigenvalue weighted by Gasteiger charge is 2.09. The van der Waals surface area contributed by atoms with Crippen molar-refractivity contribution in [2.45, 2.75) is 26.0 Å². The first-order valence-electron chi connectivity index (χ1n) is 5.11. The van der Waals surface area contributed by atoms with Crippen molar-refractivity contribution in [2.75, 3.05) is 11.1 Å². The summed E-state index contributed by atoms with van der Waals surface area (Å²) in [7, 11) is 0. The Morgan fingerprint density at radius 3 is 2.87 bits per heavy atom. The van der Waals surface area contributed by atoms with Gasteiger partial charge in [0.15, 0.2) is 0 Å². The van der Waals surface area contributed by atoms with Gasteiger partial charge in [-0.05, 0) is 31.2 Å². The number of benzene rings is 1. The molecule has 1 rings (SSSR count). The summed E-state index contributed by atoms with van der Waals surface area (Å²) in [6.45, 7) is 6.54. The Morgan fingerprint density at radius 1 is 1.53 bits per heavy atom. The van der Waals surface area contributed by atoms with Crippen molar-refractivity contribution in [3.8, 4) is 0 Å². The lowest BCUT2D eigenvalue weighted by atomic mass is 10.1. The third kappa shape index (κ3) is 3.50. The predicted molar refractivity (Wildman–Crippen MR) is 75.0 cm³/mol. The van der Waals surface area contributed by atoms with Crippen LogP contribution in [0.2, 0.25) is 0 Å². The van der Waals surface area contributed by atoms with Gasteiger partial charge in [-0.15, -0.1) is 0 Å². The van der Waals surface area contributed by atoms with Gasteiger partial charge in [0, 0.05) is 10.9 Å². The van der Waals surface area contributed by atoms with E-state index in [2.05, 4.69) is 44.3 Å². The molecular formula is C12H17NS2. The maximum atomic E-state index is 4.83. The topological polar surface area (TPSA) is 12.0 Å². The molecule has 0 heterocycles. The van der Waals surface area contributed by atoms with Gasteiger partial charge >= 0.3 is 0 Å². The molecule has 0 saturated carbocycles. The van der Waals surface area contributed by atoms with E-state index in [0.29, 0.717) is 5.25 Å². The van der Waals surface area contributed by atoms with Gasteiger partial charge in [0.05, 0.1) is 5.49 Å². The van der Waals surface area contributed by atoms with Crippen molar-refractivity contribution < 1.29 is 0 Å². The molecular weight excluding hydrogens is 222 g/mol. The maximum Gasteiger partial charge on any atom is 0.0659 e. The molecule has 0 radical (unpaired) electrons. The smallest absolute Gasteiger partial charge is 0.0659 e. The van der Waals surface area contributed by atoms with Crippen molar-refractivity contribution in [1.29, 1.82) is 0 Å². The van der Waals surface area contributed by atoms with Gasteiger partial charge in [-0.3, -0.25) is 0 Å². The first kappa shape index (κ1) is 12.5. The number of anilines is 1. The van der Waals surface area contributed by atoms with E-state index in [0.717, 1.165) is 11.4 Å². The SMILES string of the molecule is CCSC(C)c1cc(C)ccc1NC=S. The highest BCUT2D eigenvalue weighted by molar-refractivity contribution is 7.99. The molecule has 0 amide bonds. The van der Waals surface area contributed by atoms with E-state index in [9.17, 15) is 0 Å². The number of thiocarbonyl (C=S) groups is 1. The first-order chi connectivity index (χ1) is 7.19. The molecule has 1 aromatic carbocycles. The van der Waals surface area contributed by atoms with Crippen molar-refractivity contribution in [3.05, 3.63) is 29.3 Å². The van der Waals surface area contributed by atoms with Crippen LogP contribution in [-0.2, 0) is 0 Å². The average Bonchev–Trinajstić information content (AvgIpc) is 2.21. The fourth-order valence-electron chi connectivity index (χ4n) is 1.55. The summed E-state index contributed by atoms with van der Waals surface area (Å²) >= 11 is 6.78. The van der Waals surface area contributed by atoms with Crippen molar-refractivity contribution in [2.24, 2.45) is 0 Å². The van der Waals surface area contributed by atoms with Gasteiger partial charge in [-0.1, -0.05) is 36.8 Å². The van der Waals surface area contributed by atoms with Gasteiger partial charge in [0.1, 0.15) is 0 Å². The molecule has 1 nitrogen and oxygen atoms in total. The molecule has 0 spiro atoms. The fourth-order valence-corrected chi connectivity index (χ4v) is 2.55. The van der Waals surface area contributed by atoms with Crippen molar-refractivity contribution in [1.82, 2.24) is 0 Å². The Morgan fingerprint density at radius 2 is 2.27 bits per heavy atom. The minimum Gasteiger partial charge on any atom is -0.352 e. The Balaban J connectivity index is 3.00. The summed E-state index contributed by atoms with van der Waals surface area (Å²) in [5.41, 5.74) is 5.33. The maximum absolute atomic E-state index is 4.83. The van der Waals surface area contributed by atoms with Gasteiger partial charge < -0.3 is 5.32 Å². The third-order valence-corrected chi connectivity index (χ3v) is 3.48. The Hall–Kier alpha value is -0.540. The number of rotatable bonds is 5. The number of thioether (sulfide) groups is 1. The van der Waals surface area contributed by atoms with Crippen LogP contribution in [0, 0.1) is 6.92 Å². The molecule has 0 aliphatic carbocycles. The number of nitrogens with one attached hydrogen (secondary N) is 1. The van der Waals surface area contributed by atoms with E-state index >= 15 is 0 Å². The predicted octanol–water partition coefficient (Wildman–Crippen LogP) is 4.18. The lowest BCUT2D eigenvalue weighted by Gasteiger charge is -2.16. The molecule has 82 valence electrons. The largest absolute Gasteiger partial charge is 0.352 e. The minimum atomic E-state index is 0.507. The van der Waals surface area contributed by atoms with E-state index in [4.69, 9.17) is 12.2 Å². The quantitative estimate of drug-likeness (QED) is 0.774. The lowest BCUT2D eigenvalue weighted by molar-refractivity contribution is 1.09. The standard InChI is InChI=1S/C12H17NS2/c1-4-15-10(3)11-7-9(2)5-6-12(11)13-8-14/h5-8,10H,4H2,1-3H3,(H,13,14). The van der Waals surface area contributed by atoms with Crippen LogP contribution >= 0.6 is 24.0 Å². The van der Waals surface area contributed by atoms with Crippen LogP contribution in [0.25, 0.3) is 0 Å². The molecule has 0 aliphatic heterocycles. The summed E-state index contributed by atoms with van der Waals surface area (Å²) in [5.74, 6) is 1.13. The van der Waals surface area contributed by atoms with Crippen LogP contribution in [0.4, 0.5) is 5.69 Å². The van der Waals surface area contributed by atoms with Crippen LogP contribution in [0.15, 0.2) is 18.2 Å². The second kappa shape index (κ2) is 6.13. The van der Waals surface area contributed by atoms with Crippen LogP contribution in [-0.4, -0.2) is 11.2 Å². The summed E-state index contributed by atoms with van der Waals surface area (Å²) in [6.07, 6.45) is 0. The molecule has 0 saturated heterocycles. The van der Waals surface area contributed by atoms with Gasteiger partial charge in [0.25, 0.3) is 0 Å². The van der Waals surface area contributed by atoms with E-state index in [1.54, 1.807) is 5.49 Å². The molecule has 3 heteroatoms. The van der Waals surface area contributed by atoms with Crippen LogP contribution < -0.4 is 5.32 Å². The molecule has 15 heavy (non-hydrogen) atoms. The van der Waals surface area contributed by atoms with Gasteiger partial charge in [0.2, 0.25) is 0 Å². The van der Waals surface area contributed by atoms with Crippen molar-refractivity contribution >= 4 is 35.2 Å². The molecule has 1 unspecified atom stereocenters. The van der Waals surface area contributed by atoms with Gasteiger partial charge in [-0.2, -0.15) is 11.8 Å². The Kier molecular flexibility index (Phi) is 5.12. The zero-order valence-corrected chi connectivity index (χ0v) is 11.0. The summed E-state index contributed by atoms with van der Waals surface area (Å²) < 4.78 is 0. The molecule has 0 bridgehead atoms. The van der Waals surface area contributed by atoms with Crippen molar-refractivity contribution in [3.63, 3.8) is 0 Å². The zero-order chi connectivity index (χ0) is 11.3. The van der Waals surface area contributed by atoms with E-state index in [1.165, 1.54) is 11.1 Å². The van der Waals surface area contributed by atoms with E-state index < -0.39 is 0 Å². The molecule has 1 atom stereocenters. The fraction of sp³-hybridized carbons (Fsp3) is 0.417. The number of aryl methyl sites for hydroxylation is 1. The van der Waals surface area contributed by atoms with E-state index in [-0.39, 0.29) is 0 Å². The van der Waals surface area contributed by atoms with Crippen LogP contribution in [0.1, 0.15) is 30.2 Å². The third-order valence-electron chi connectivity index (χ3n) is 2.28. The van der Waals surface area contributed by atoms with Gasteiger partial charge in [-0.25, -0.2) is 0 Å². The summed E-state index contributed by atoms with van der Waals surface area (Å²) in [5, 5.41) is 3.63. The molecule has 1 aromatic rings. The summed E-state index contributed by atoms with van der Waals surface area (Å²) in [4.78, 5) is 0. The lowest BCUT2D eigenvalue weighted by Crippen LogP contribution is -2.00. The zero-order valence-electron chi connectivity index (χ0n) is 9.41. The normalized spacial score (nSPS) is 12.2. The highest BCUT2D eigenvalue weighted by atomic mass is 32.2. The number of hydrogen-bond donors (Lipinski definition) is 1. The average molecular weight is 239 g/mol. The second-order valence-corrected chi connectivity index (χ2v) is 5.30. The minimum absolute atomic E-state index is 0.507. The summed E-state index contributed by atoms with van der Waals surface area (Å²) in [6, 6.07) is 6.43. The second-order valence-electron chi connectivity index (χ2n) is 3.45. The molecule has 1 N–H and O–H groups in total. The first-order valence-corrected chi connectivity index (χ1v) is 6.63. The molecule has 0 aromatic heterocycles. The van der Waals surface area contributed by atoms with Crippen LogP contribution in [0.3, 0.4) is 0 Å². The highest BCUT2D eigenvalue weighted by Crippen LogP contribution is 2.33. The van der Waals surface area contributed by atoms with Crippen LogP contribution in [0.5, 0.6) is 0 Å².